The number of hydrogen-bond acceptors (Lipinski definition) is 9. The van der Waals surface area contributed by atoms with Gasteiger partial charge in [-0.1, -0.05) is 29.8 Å². The number of benzene rings is 3. The molecule has 11 nitrogen and oxygen atoms in total. The molecule has 3 aromatic carbocycles. The number of ether oxygens (including phenoxy) is 3. The van der Waals surface area contributed by atoms with Gasteiger partial charge in [-0.15, -0.1) is 0 Å². The number of aliphatic hydroxyl groups is 1. The van der Waals surface area contributed by atoms with Gasteiger partial charge >= 0.3 is 0 Å². The molecule has 43 heavy (non-hydrogen) atoms. The zero-order valence-corrected chi connectivity index (χ0v) is 25.8. The van der Waals surface area contributed by atoms with Crippen molar-refractivity contribution in [2.24, 2.45) is 0 Å². The summed E-state index contributed by atoms with van der Waals surface area (Å²) in [5, 5.41) is 11.2. The first-order chi connectivity index (χ1) is 20.4. The van der Waals surface area contributed by atoms with Crippen LogP contribution in [0, 0.1) is 0 Å². The van der Waals surface area contributed by atoms with Crippen molar-refractivity contribution in [1.29, 1.82) is 0 Å². The van der Waals surface area contributed by atoms with Crippen molar-refractivity contribution < 1.29 is 37.3 Å². The van der Waals surface area contributed by atoms with E-state index in [1.54, 1.807) is 43.3 Å². The molecule has 1 unspecified atom stereocenters. The average molecular weight is 630 g/mol. The number of methoxy groups -OCH3 is 3. The van der Waals surface area contributed by atoms with Crippen LogP contribution in [0.25, 0.3) is 0 Å². The molecular formula is C30H32ClN3O8S. The van der Waals surface area contributed by atoms with Gasteiger partial charge in [-0.25, -0.2) is 12.7 Å². The monoisotopic (exact) mass is 629 g/mol. The number of amides is 2. The number of para-hydroxylation sites is 1. The van der Waals surface area contributed by atoms with Crippen molar-refractivity contribution in [3.8, 4) is 17.2 Å². The van der Waals surface area contributed by atoms with E-state index in [2.05, 4.69) is 0 Å². The zero-order chi connectivity index (χ0) is 31.3. The Morgan fingerprint density at radius 2 is 1.67 bits per heavy atom. The van der Waals surface area contributed by atoms with Crippen molar-refractivity contribution in [1.82, 2.24) is 9.80 Å². The molecule has 3 atom stereocenters. The summed E-state index contributed by atoms with van der Waals surface area (Å²) in [6.45, 7) is -0.111. The number of β-amino-alcohol motifs (C(OH)–C–C–N with tert-alkyl or cyclic N) is 1. The fourth-order valence-electron chi connectivity index (χ4n) is 6.02. The Morgan fingerprint density at radius 1 is 0.977 bits per heavy atom. The maximum absolute atomic E-state index is 15.2. The van der Waals surface area contributed by atoms with E-state index in [9.17, 15) is 18.3 Å². The molecule has 2 amide bonds. The second kappa shape index (κ2) is 11.3. The molecule has 1 saturated heterocycles. The largest absolute Gasteiger partial charge is 0.497 e. The van der Waals surface area contributed by atoms with Crippen molar-refractivity contribution >= 4 is 39.1 Å². The molecule has 0 bridgehead atoms. The lowest BCUT2D eigenvalue weighted by molar-refractivity contribution is -0.138. The van der Waals surface area contributed by atoms with Crippen LogP contribution in [0.15, 0.2) is 65.6 Å². The fraction of sp³-hybridized carbons (Fsp3) is 0.333. The topological polar surface area (TPSA) is 126 Å². The van der Waals surface area contributed by atoms with Crippen LogP contribution in [-0.4, -0.2) is 89.3 Å². The molecule has 1 N–H and O–H groups in total. The number of rotatable bonds is 8. The van der Waals surface area contributed by atoms with Crippen LogP contribution in [0.1, 0.15) is 17.5 Å². The Morgan fingerprint density at radius 3 is 2.33 bits per heavy atom. The third-order valence-electron chi connectivity index (χ3n) is 7.88. The van der Waals surface area contributed by atoms with Crippen LogP contribution < -0.4 is 18.5 Å². The minimum absolute atomic E-state index is 0.0240. The molecule has 0 saturated carbocycles. The average Bonchev–Trinajstić information content (AvgIpc) is 3.50. The minimum Gasteiger partial charge on any atom is -0.497 e. The van der Waals surface area contributed by atoms with Gasteiger partial charge in [-0.3, -0.25) is 14.5 Å². The fourth-order valence-corrected chi connectivity index (χ4v) is 7.80. The highest BCUT2D eigenvalue weighted by molar-refractivity contribution is 7.93. The number of carbonyl (C=O) groups is 2. The number of hydrogen-bond donors (Lipinski definition) is 1. The summed E-state index contributed by atoms with van der Waals surface area (Å²) in [6, 6.07) is 14.3. The van der Waals surface area contributed by atoms with Crippen molar-refractivity contribution in [2.75, 3.05) is 46.3 Å². The van der Waals surface area contributed by atoms with Gasteiger partial charge in [0.15, 0.2) is 5.54 Å². The van der Waals surface area contributed by atoms with E-state index >= 15 is 4.79 Å². The van der Waals surface area contributed by atoms with Crippen molar-refractivity contribution in [2.45, 2.75) is 29.0 Å². The highest BCUT2D eigenvalue weighted by Gasteiger charge is 2.64. The predicted molar refractivity (Wildman–Crippen MR) is 159 cm³/mol. The molecule has 2 aliphatic rings. The van der Waals surface area contributed by atoms with Crippen molar-refractivity contribution in [3.05, 3.63) is 76.8 Å². The van der Waals surface area contributed by atoms with Crippen LogP contribution in [0.3, 0.4) is 0 Å². The Balaban J connectivity index is 1.86. The number of anilines is 1. The molecule has 5 rings (SSSR count). The van der Waals surface area contributed by atoms with E-state index in [4.69, 9.17) is 25.8 Å². The number of fused-ring (bicyclic) bond motifs is 1. The normalized spacial score (nSPS) is 21.9. The highest BCUT2D eigenvalue weighted by Crippen LogP contribution is 2.55. The lowest BCUT2D eigenvalue weighted by atomic mass is 9.80. The Labute approximate surface area is 255 Å². The quantitative estimate of drug-likeness (QED) is 0.400. The first-order valence-electron chi connectivity index (χ1n) is 13.3. The molecule has 3 aromatic rings. The van der Waals surface area contributed by atoms with E-state index in [1.165, 1.54) is 62.6 Å². The molecule has 1 fully saturated rings. The Bertz CT molecular complexity index is 1700. The maximum atomic E-state index is 15.2. The molecule has 0 aliphatic carbocycles. The number of nitrogens with zero attached hydrogens (tertiary/aromatic N) is 3. The standard InChI is InChI=1S/C30H32ClN3O8S/c1-32(2)28(36)24-15-19(35)17-33(24)30(21-8-6-7-9-25(21)41-4)22-14-18(31)10-12-23(22)34(29(30)37)43(38,39)27-13-11-20(40-3)16-26(27)42-5/h6-14,16,19,24,35H,15,17H2,1-5H3/t19-,24-,30?/m0/s1. The molecule has 2 heterocycles. The van der Waals surface area contributed by atoms with Gasteiger partial charge in [-0.05, 0) is 42.8 Å². The van der Waals surface area contributed by atoms with Gasteiger partial charge in [0.1, 0.15) is 22.1 Å². The van der Waals surface area contributed by atoms with Gasteiger partial charge < -0.3 is 24.2 Å². The molecule has 0 radical (unpaired) electrons. The third kappa shape index (κ3) is 4.69. The summed E-state index contributed by atoms with van der Waals surface area (Å²) in [6.07, 6.45) is -0.959. The number of carbonyl (C=O) groups excluding carboxylic acids is 2. The number of likely N-dealkylation sites (tertiary alicyclic amines) is 1. The molecule has 228 valence electrons. The van der Waals surface area contributed by atoms with E-state index in [0.717, 1.165) is 4.31 Å². The van der Waals surface area contributed by atoms with E-state index < -0.39 is 33.6 Å². The summed E-state index contributed by atoms with van der Waals surface area (Å²) in [7, 11) is 2.70. The summed E-state index contributed by atoms with van der Waals surface area (Å²) >= 11 is 6.52. The predicted octanol–water partition coefficient (Wildman–Crippen LogP) is 2.87. The SMILES string of the molecule is COc1ccc(S(=O)(=O)N2C(=O)C(c3ccccc3OC)(N3C[C@@H](O)C[C@H]3C(=O)N(C)C)c3cc(Cl)ccc32)c(OC)c1. The summed E-state index contributed by atoms with van der Waals surface area (Å²) in [5.41, 5.74) is -1.39. The van der Waals surface area contributed by atoms with E-state index in [1.807, 2.05) is 0 Å². The van der Waals surface area contributed by atoms with Crippen LogP contribution in [0.5, 0.6) is 17.2 Å². The van der Waals surface area contributed by atoms with Crippen LogP contribution in [0.2, 0.25) is 5.02 Å². The lowest BCUT2D eigenvalue weighted by Gasteiger charge is -2.42. The van der Waals surface area contributed by atoms with Crippen LogP contribution >= 0.6 is 11.6 Å². The molecule has 0 spiro atoms. The highest BCUT2D eigenvalue weighted by atomic mass is 35.5. The van der Waals surface area contributed by atoms with Gasteiger partial charge in [0.2, 0.25) is 5.91 Å². The molecule has 0 aromatic heterocycles. The first kappa shape index (κ1) is 30.6. The second-order valence-electron chi connectivity index (χ2n) is 10.5. The minimum atomic E-state index is -4.64. The van der Waals surface area contributed by atoms with Gasteiger partial charge in [0.25, 0.3) is 15.9 Å². The molecule has 13 heteroatoms. The van der Waals surface area contributed by atoms with Gasteiger partial charge in [0, 0.05) is 42.9 Å². The molecular weight excluding hydrogens is 598 g/mol. The van der Waals surface area contributed by atoms with Gasteiger partial charge in [0.05, 0.1) is 39.2 Å². The van der Waals surface area contributed by atoms with Crippen LogP contribution in [-0.2, 0) is 25.2 Å². The second-order valence-corrected chi connectivity index (χ2v) is 12.6. The lowest BCUT2D eigenvalue weighted by Crippen LogP contribution is -2.59. The Kier molecular flexibility index (Phi) is 8.07. The summed E-state index contributed by atoms with van der Waals surface area (Å²) in [4.78, 5) is 31.4. The number of halogens is 1. The van der Waals surface area contributed by atoms with Crippen molar-refractivity contribution in [3.63, 3.8) is 0 Å². The Hall–Kier alpha value is -3.84. The van der Waals surface area contributed by atoms with Crippen LogP contribution in [0.4, 0.5) is 5.69 Å². The maximum Gasteiger partial charge on any atom is 0.274 e. The van der Waals surface area contributed by atoms with E-state index in [-0.39, 0.29) is 57.1 Å². The first-order valence-corrected chi connectivity index (χ1v) is 15.2. The smallest absolute Gasteiger partial charge is 0.274 e. The van der Waals surface area contributed by atoms with E-state index in [0.29, 0.717) is 5.75 Å². The number of sulfonamides is 1. The summed E-state index contributed by atoms with van der Waals surface area (Å²) in [5.74, 6) is -0.650. The number of likely N-dealkylation sites (N-methyl/N-ethyl adjacent to an activating group) is 1. The summed E-state index contributed by atoms with van der Waals surface area (Å²) < 4.78 is 46.1. The van der Waals surface area contributed by atoms with Gasteiger partial charge in [-0.2, -0.15) is 0 Å². The number of aliphatic hydroxyl groups excluding tert-OH is 1. The zero-order valence-electron chi connectivity index (χ0n) is 24.3. The molecule has 2 aliphatic heterocycles. The third-order valence-corrected chi connectivity index (χ3v) is 9.85.